The number of thiocarbonyl (C=S) groups is 2. The monoisotopic (exact) mass is 700 g/mol. The Balaban J connectivity index is 1.60. The molecule has 2 aromatic carbocycles. The highest BCUT2D eigenvalue weighted by Gasteiger charge is 2.26. The van der Waals surface area contributed by atoms with Crippen molar-refractivity contribution in [3.05, 3.63) is 34.4 Å². The minimum absolute atomic E-state index is 0.118. The van der Waals surface area contributed by atoms with E-state index in [1.54, 1.807) is 26.6 Å². The van der Waals surface area contributed by atoms with E-state index in [0.29, 0.717) is 82.7 Å². The standard InChI is InChI=1S/C34H48N6O6S2/c1-9-21(3)37-33(47)39(5)13-11-23-15-27-31(45-19-43-27)29(41-7)25(23)17-35-36-18-26-24(12-14-40(6)34(48)38-22(4)10-2)16-28-32(30(26)42-8)46-20-44-28/h15-18,21-22H,9-14,19-20H2,1-8H3,(H,37,47)(H,38,48)/t21-,22+. The molecule has 4 rings (SSSR count). The Morgan fingerprint density at radius 3 is 1.52 bits per heavy atom. The molecule has 0 spiro atoms. The van der Waals surface area contributed by atoms with Gasteiger partial charge in [-0.05, 0) is 87.2 Å². The van der Waals surface area contributed by atoms with Crippen LogP contribution in [0.15, 0.2) is 22.3 Å². The Morgan fingerprint density at radius 1 is 0.771 bits per heavy atom. The maximum absolute atomic E-state index is 5.81. The molecule has 48 heavy (non-hydrogen) atoms. The van der Waals surface area contributed by atoms with Crippen LogP contribution in [-0.2, 0) is 12.8 Å². The van der Waals surface area contributed by atoms with Gasteiger partial charge < -0.3 is 48.9 Å². The molecule has 12 nitrogen and oxygen atoms in total. The quantitative estimate of drug-likeness (QED) is 0.150. The van der Waals surface area contributed by atoms with Gasteiger partial charge in [-0.1, -0.05) is 13.8 Å². The second-order valence-corrected chi connectivity index (χ2v) is 12.6. The zero-order chi connectivity index (χ0) is 34.8. The number of ether oxygens (including phenoxy) is 6. The van der Waals surface area contributed by atoms with Gasteiger partial charge in [-0.15, -0.1) is 0 Å². The summed E-state index contributed by atoms with van der Waals surface area (Å²) >= 11 is 11.2. The number of nitrogens with zero attached hydrogens (tertiary/aromatic N) is 4. The number of nitrogens with one attached hydrogen (secondary N) is 2. The fourth-order valence-corrected chi connectivity index (χ4v) is 5.65. The largest absolute Gasteiger partial charge is 0.492 e. The molecule has 262 valence electrons. The minimum atomic E-state index is 0.118. The summed E-state index contributed by atoms with van der Waals surface area (Å²) in [6, 6.07) is 4.51. The molecule has 0 aliphatic carbocycles. The lowest BCUT2D eigenvalue weighted by molar-refractivity contribution is 0.171. The Labute approximate surface area is 294 Å². The molecule has 0 unspecified atom stereocenters. The highest BCUT2D eigenvalue weighted by atomic mass is 32.1. The molecule has 0 fully saturated rings. The summed E-state index contributed by atoms with van der Waals surface area (Å²) in [7, 11) is 7.15. The number of methoxy groups -OCH3 is 2. The van der Waals surface area contributed by atoms with Crippen LogP contribution in [0.25, 0.3) is 0 Å². The number of hydrogen-bond acceptors (Lipinski definition) is 10. The first kappa shape index (κ1) is 36.8. The van der Waals surface area contributed by atoms with Crippen LogP contribution >= 0.6 is 24.4 Å². The predicted molar refractivity (Wildman–Crippen MR) is 197 cm³/mol. The van der Waals surface area contributed by atoms with Crippen molar-refractivity contribution >= 4 is 47.1 Å². The Kier molecular flexibility index (Phi) is 13.3. The van der Waals surface area contributed by atoms with Crippen molar-refractivity contribution in [2.24, 2.45) is 10.2 Å². The van der Waals surface area contributed by atoms with Crippen LogP contribution in [0.1, 0.15) is 62.8 Å². The lowest BCUT2D eigenvalue weighted by atomic mass is 10.0. The van der Waals surface area contributed by atoms with Crippen molar-refractivity contribution in [3.63, 3.8) is 0 Å². The van der Waals surface area contributed by atoms with Gasteiger partial charge in [-0.3, -0.25) is 0 Å². The minimum Gasteiger partial charge on any atom is -0.492 e. The lowest BCUT2D eigenvalue weighted by Gasteiger charge is -2.24. The molecule has 2 aliphatic heterocycles. The first-order valence-corrected chi connectivity index (χ1v) is 17.0. The van der Waals surface area contributed by atoms with Crippen LogP contribution in [-0.4, -0.2) is 99.5 Å². The van der Waals surface area contributed by atoms with E-state index in [1.807, 2.05) is 36.0 Å². The molecule has 2 N–H and O–H groups in total. The number of rotatable bonds is 15. The third-order valence-corrected chi connectivity index (χ3v) is 9.29. The molecule has 2 heterocycles. The van der Waals surface area contributed by atoms with Crippen LogP contribution < -0.4 is 39.1 Å². The van der Waals surface area contributed by atoms with Crippen molar-refractivity contribution in [3.8, 4) is 34.5 Å². The number of hydrogen-bond donors (Lipinski definition) is 2. The smallest absolute Gasteiger partial charge is 0.231 e. The molecule has 0 saturated heterocycles. The normalized spacial score (nSPS) is 14.2. The average Bonchev–Trinajstić information content (AvgIpc) is 3.76. The SMILES string of the molecule is CC[C@@H](C)NC(=S)N(C)CCc1cc2c(c(OC)c1C=NN=Cc1c(CCN(C)C(=S)N[C@@H](C)CC)cc3c(c1OC)OCO3)OCO2. The van der Waals surface area contributed by atoms with Gasteiger partial charge in [0.05, 0.1) is 26.6 Å². The summed E-state index contributed by atoms with van der Waals surface area (Å²) in [4.78, 5) is 4.05. The summed E-state index contributed by atoms with van der Waals surface area (Å²) in [5.41, 5.74) is 3.41. The van der Waals surface area contributed by atoms with Gasteiger partial charge in [0.2, 0.25) is 25.1 Å². The van der Waals surface area contributed by atoms with Crippen molar-refractivity contribution in [1.29, 1.82) is 0 Å². The van der Waals surface area contributed by atoms with Crippen LogP contribution in [0.5, 0.6) is 34.5 Å². The van der Waals surface area contributed by atoms with Gasteiger partial charge in [0.1, 0.15) is 0 Å². The summed E-state index contributed by atoms with van der Waals surface area (Å²) in [6.07, 6.45) is 6.61. The predicted octanol–water partition coefficient (Wildman–Crippen LogP) is 4.91. The maximum atomic E-state index is 5.81. The third-order valence-electron chi connectivity index (χ3n) is 8.43. The van der Waals surface area contributed by atoms with Crippen molar-refractivity contribution in [2.75, 3.05) is 55.0 Å². The molecule has 0 radical (unpaired) electrons. The molecular weight excluding hydrogens is 653 g/mol. The van der Waals surface area contributed by atoms with Crippen LogP contribution in [0.4, 0.5) is 0 Å². The Hall–Kier alpha value is -4.04. The average molecular weight is 701 g/mol. The van der Waals surface area contributed by atoms with E-state index in [4.69, 9.17) is 52.9 Å². The second kappa shape index (κ2) is 17.4. The highest BCUT2D eigenvalue weighted by Crippen LogP contribution is 2.46. The van der Waals surface area contributed by atoms with Crippen LogP contribution in [0.2, 0.25) is 0 Å². The van der Waals surface area contributed by atoms with Gasteiger partial charge >= 0.3 is 0 Å². The Bertz CT molecular complexity index is 1410. The van der Waals surface area contributed by atoms with E-state index in [-0.39, 0.29) is 13.6 Å². The fourth-order valence-electron chi connectivity index (χ4n) is 5.06. The fraction of sp³-hybridized carbons (Fsp3) is 0.529. The lowest BCUT2D eigenvalue weighted by Crippen LogP contribution is -2.42. The molecule has 2 atom stereocenters. The topological polar surface area (TPSA) is 111 Å². The molecule has 0 aromatic heterocycles. The number of fused-ring (bicyclic) bond motifs is 2. The molecule has 0 bridgehead atoms. The molecule has 0 saturated carbocycles. The van der Waals surface area contributed by atoms with Gasteiger partial charge in [-0.2, -0.15) is 10.2 Å². The van der Waals surface area contributed by atoms with E-state index in [9.17, 15) is 0 Å². The molecule has 2 aliphatic rings. The van der Waals surface area contributed by atoms with Gasteiger partial charge in [0, 0.05) is 50.4 Å². The van der Waals surface area contributed by atoms with E-state index >= 15 is 0 Å². The summed E-state index contributed by atoms with van der Waals surface area (Å²) in [6.45, 7) is 10.0. The second-order valence-electron chi connectivity index (χ2n) is 11.8. The maximum Gasteiger partial charge on any atom is 0.231 e. The molecule has 0 amide bonds. The number of likely N-dealkylation sites (N-methyl/N-ethyl adjacent to an activating group) is 2. The summed E-state index contributed by atoms with van der Waals surface area (Å²) in [5, 5.41) is 17.1. The molecule has 2 aromatic rings. The summed E-state index contributed by atoms with van der Waals surface area (Å²) in [5.74, 6) is 3.41. The first-order valence-electron chi connectivity index (χ1n) is 16.2. The van der Waals surface area contributed by atoms with E-state index in [2.05, 4.69) is 48.5 Å². The van der Waals surface area contributed by atoms with Crippen LogP contribution in [0.3, 0.4) is 0 Å². The molecule has 14 heteroatoms. The van der Waals surface area contributed by atoms with Crippen LogP contribution in [0, 0.1) is 0 Å². The number of benzene rings is 2. The first-order chi connectivity index (χ1) is 23.1. The van der Waals surface area contributed by atoms with Gasteiger partial charge in [0.25, 0.3) is 0 Å². The molecular formula is C34H48N6O6S2. The highest BCUT2D eigenvalue weighted by molar-refractivity contribution is 7.80. The Morgan fingerprint density at radius 2 is 1.17 bits per heavy atom. The van der Waals surface area contributed by atoms with E-state index in [1.165, 1.54) is 0 Å². The van der Waals surface area contributed by atoms with Gasteiger partial charge in [-0.25, -0.2) is 0 Å². The zero-order valence-corrected chi connectivity index (χ0v) is 30.8. The summed E-state index contributed by atoms with van der Waals surface area (Å²) < 4.78 is 34.5. The van der Waals surface area contributed by atoms with Crippen molar-refractivity contribution in [2.45, 2.75) is 65.5 Å². The third kappa shape index (κ3) is 8.90. The van der Waals surface area contributed by atoms with Crippen molar-refractivity contribution < 1.29 is 28.4 Å². The van der Waals surface area contributed by atoms with E-state index < -0.39 is 0 Å². The van der Waals surface area contributed by atoms with Gasteiger partial charge in [0.15, 0.2) is 33.2 Å². The van der Waals surface area contributed by atoms with E-state index in [0.717, 1.165) is 35.1 Å². The zero-order valence-electron chi connectivity index (χ0n) is 29.2. The van der Waals surface area contributed by atoms with Crippen molar-refractivity contribution in [1.82, 2.24) is 20.4 Å².